The van der Waals surface area contributed by atoms with E-state index >= 15 is 0 Å². The molecule has 5 heteroatoms. The Morgan fingerprint density at radius 1 is 1.32 bits per heavy atom. The second-order valence-electron chi connectivity index (χ2n) is 5.12. The summed E-state index contributed by atoms with van der Waals surface area (Å²) < 4.78 is 0. The molecular weight excluding hydrogens is 242 g/mol. The van der Waals surface area contributed by atoms with Crippen LogP contribution in [0.3, 0.4) is 0 Å². The molecule has 1 atom stereocenters. The van der Waals surface area contributed by atoms with Gasteiger partial charge in [0.05, 0.1) is 0 Å². The average Bonchev–Trinajstić information content (AvgIpc) is 2.89. The van der Waals surface area contributed by atoms with Crippen LogP contribution in [0, 0.1) is 0 Å². The van der Waals surface area contributed by atoms with Crippen LogP contribution in [0.2, 0.25) is 0 Å². The number of pyridine rings is 1. The highest BCUT2D eigenvalue weighted by Crippen LogP contribution is 2.24. The van der Waals surface area contributed by atoms with Crippen molar-refractivity contribution >= 4 is 11.8 Å². The second kappa shape index (κ2) is 4.99. The number of carbonyl (C=O) groups excluding carboxylic acids is 2. The number of hydrogen-bond acceptors (Lipinski definition) is 3. The number of rotatable bonds is 2. The van der Waals surface area contributed by atoms with Crippen LogP contribution in [-0.4, -0.2) is 45.7 Å². The summed E-state index contributed by atoms with van der Waals surface area (Å²) in [6.07, 6.45) is 5.65. The van der Waals surface area contributed by atoms with Gasteiger partial charge in [-0.15, -0.1) is 0 Å². The first-order valence-electron chi connectivity index (χ1n) is 6.73. The molecule has 19 heavy (non-hydrogen) atoms. The maximum atomic E-state index is 12.5. The van der Waals surface area contributed by atoms with Crippen molar-refractivity contribution in [3.05, 3.63) is 30.1 Å². The molecule has 0 spiro atoms. The van der Waals surface area contributed by atoms with Gasteiger partial charge in [-0.2, -0.15) is 0 Å². The zero-order chi connectivity index (χ0) is 13.2. The van der Waals surface area contributed by atoms with E-state index in [0.29, 0.717) is 19.5 Å². The molecule has 0 N–H and O–H groups in total. The van der Waals surface area contributed by atoms with E-state index in [1.807, 2.05) is 12.1 Å². The predicted molar refractivity (Wildman–Crippen MR) is 69.0 cm³/mol. The topological polar surface area (TPSA) is 53.5 Å². The molecule has 1 aromatic rings. The first kappa shape index (κ1) is 12.1. The van der Waals surface area contributed by atoms with E-state index in [2.05, 4.69) is 4.98 Å². The number of amides is 2. The van der Waals surface area contributed by atoms with Crippen molar-refractivity contribution in [1.29, 1.82) is 0 Å². The van der Waals surface area contributed by atoms with Gasteiger partial charge in [-0.05, 0) is 24.5 Å². The fourth-order valence-electron chi connectivity index (χ4n) is 2.89. The lowest BCUT2D eigenvalue weighted by Gasteiger charge is -2.25. The molecule has 1 aromatic heterocycles. The Balaban J connectivity index is 1.78. The third-order valence-corrected chi connectivity index (χ3v) is 3.86. The minimum Gasteiger partial charge on any atom is -0.336 e. The standard InChI is InChI=1S/C14H17N3O2/c18-13-5-8-16(10-11-3-1-6-15-9-11)14(19)12-4-2-7-17(12)13/h1,3,6,9,12H,2,4-5,7-8,10H2. The molecule has 3 rings (SSSR count). The van der Waals surface area contributed by atoms with Crippen molar-refractivity contribution in [2.75, 3.05) is 13.1 Å². The molecule has 2 amide bonds. The van der Waals surface area contributed by atoms with E-state index in [4.69, 9.17) is 0 Å². The Labute approximate surface area is 112 Å². The highest BCUT2D eigenvalue weighted by atomic mass is 16.2. The van der Waals surface area contributed by atoms with Crippen molar-refractivity contribution in [1.82, 2.24) is 14.8 Å². The molecule has 1 unspecified atom stereocenters. The Hall–Kier alpha value is -1.91. The smallest absolute Gasteiger partial charge is 0.245 e. The van der Waals surface area contributed by atoms with Gasteiger partial charge in [0.25, 0.3) is 0 Å². The number of carbonyl (C=O) groups is 2. The van der Waals surface area contributed by atoms with Crippen LogP contribution in [0.15, 0.2) is 24.5 Å². The van der Waals surface area contributed by atoms with Crippen molar-refractivity contribution in [2.24, 2.45) is 0 Å². The van der Waals surface area contributed by atoms with Gasteiger partial charge in [0.15, 0.2) is 0 Å². The molecule has 2 aliphatic rings. The van der Waals surface area contributed by atoms with Gasteiger partial charge in [0.1, 0.15) is 6.04 Å². The Bertz CT molecular complexity index is 489. The summed E-state index contributed by atoms with van der Waals surface area (Å²) in [7, 11) is 0. The van der Waals surface area contributed by atoms with Gasteiger partial charge in [0, 0.05) is 38.4 Å². The zero-order valence-corrected chi connectivity index (χ0v) is 10.8. The lowest BCUT2D eigenvalue weighted by atomic mass is 10.2. The summed E-state index contributed by atoms with van der Waals surface area (Å²) >= 11 is 0. The number of fused-ring (bicyclic) bond motifs is 1. The van der Waals surface area contributed by atoms with Crippen LogP contribution < -0.4 is 0 Å². The second-order valence-corrected chi connectivity index (χ2v) is 5.12. The van der Waals surface area contributed by atoms with E-state index in [-0.39, 0.29) is 17.9 Å². The normalized spacial score (nSPS) is 23.5. The van der Waals surface area contributed by atoms with Gasteiger partial charge in [-0.3, -0.25) is 14.6 Å². The summed E-state index contributed by atoms with van der Waals surface area (Å²) in [5.41, 5.74) is 1.01. The van der Waals surface area contributed by atoms with Crippen LogP contribution in [0.25, 0.3) is 0 Å². The minimum absolute atomic E-state index is 0.0900. The number of nitrogens with zero attached hydrogens (tertiary/aromatic N) is 3. The predicted octanol–water partition coefficient (Wildman–Crippen LogP) is 0.805. The minimum atomic E-state index is -0.230. The molecule has 3 heterocycles. The third kappa shape index (κ3) is 2.32. The molecule has 5 nitrogen and oxygen atoms in total. The van der Waals surface area contributed by atoms with E-state index in [9.17, 15) is 9.59 Å². The summed E-state index contributed by atoms with van der Waals surface area (Å²) in [5.74, 6) is 0.205. The molecule has 0 radical (unpaired) electrons. The van der Waals surface area contributed by atoms with Gasteiger partial charge in [-0.25, -0.2) is 0 Å². The lowest BCUT2D eigenvalue weighted by Crippen LogP contribution is -2.43. The zero-order valence-electron chi connectivity index (χ0n) is 10.8. The summed E-state index contributed by atoms with van der Waals surface area (Å²) in [6.45, 7) is 1.79. The van der Waals surface area contributed by atoms with Gasteiger partial charge in [-0.1, -0.05) is 6.07 Å². The third-order valence-electron chi connectivity index (χ3n) is 3.86. The summed E-state index contributed by atoms with van der Waals surface area (Å²) in [4.78, 5) is 32.1. The molecule has 2 fully saturated rings. The first-order valence-corrected chi connectivity index (χ1v) is 6.73. The molecule has 0 aliphatic carbocycles. The summed E-state index contributed by atoms with van der Waals surface area (Å²) in [6, 6.07) is 3.59. The highest BCUT2D eigenvalue weighted by Gasteiger charge is 2.38. The molecule has 2 saturated heterocycles. The van der Waals surface area contributed by atoms with Crippen LogP contribution in [-0.2, 0) is 16.1 Å². The summed E-state index contributed by atoms with van der Waals surface area (Å²) in [5, 5.41) is 0. The van der Waals surface area contributed by atoms with Crippen LogP contribution >= 0.6 is 0 Å². The number of hydrogen-bond donors (Lipinski definition) is 0. The van der Waals surface area contributed by atoms with E-state index in [0.717, 1.165) is 24.9 Å². The molecular formula is C14H17N3O2. The van der Waals surface area contributed by atoms with Gasteiger partial charge in [0.2, 0.25) is 11.8 Å². The molecule has 100 valence electrons. The molecule has 0 bridgehead atoms. The van der Waals surface area contributed by atoms with Crippen LogP contribution in [0.1, 0.15) is 24.8 Å². The van der Waals surface area contributed by atoms with Crippen molar-refractivity contribution < 1.29 is 9.59 Å². The van der Waals surface area contributed by atoms with Crippen LogP contribution in [0.4, 0.5) is 0 Å². The van der Waals surface area contributed by atoms with Crippen molar-refractivity contribution in [2.45, 2.75) is 31.8 Å². The maximum absolute atomic E-state index is 12.5. The van der Waals surface area contributed by atoms with Crippen LogP contribution in [0.5, 0.6) is 0 Å². The highest BCUT2D eigenvalue weighted by molar-refractivity contribution is 5.90. The van der Waals surface area contributed by atoms with Crippen molar-refractivity contribution in [3.8, 4) is 0 Å². The fourth-order valence-corrected chi connectivity index (χ4v) is 2.89. The van der Waals surface area contributed by atoms with E-state index in [1.165, 1.54) is 0 Å². The van der Waals surface area contributed by atoms with Gasteiger partial charge < -0.3 is 9.80 Å². The quantitative estimate of drug-likeness (QED) is 0.789. The first-order chi connectivity index (χ1) is 9.25. The Morgan fingerprint density at radius 3 is 3.00 bits per heavy atom. The SMILES string of the molecule is O=C1C2CCCN2C(=O)CCN1Cc1cccnc1. The lowest BCUT2D eigenvalue weighted by molar-refractivity contribution is -0.139. The van der Waals surface area contributed by atoms with Crippen molar-refractivity contribution in [3.63, 3.8) is 0 Å². The average molecular weight is 259 g/mol. The maximum Gasteiger partial charge on any atom is 0.245 e. The molecule has 0 saturated carbocycles. The largest absolute Gasteiger partial charge is 0.336 e. The monoisotopic (exact) mass is 259 g/mol. The van der Waals surface area contributed by atoms with E-state index < -0.39 is 0 Å². The van der Waals surface area contributed by atoms with Gasteiger partial charge >= 0.3 is 0 Å². The Kier molecular flexibility index (Phi) is 3.19. The Morgan fingerprint density at radius 2 is 2.21 bits per heavy atom. The molecule has 2 aliphatic heterocycles. The molecule has 0 aromatic carbocycles. The fraction of sp³-hybridized carbons (Fsp3) is 0.500. The number of aromatic nitrogens is 1. The van der Waals surface area contributed by atoms with E-state index in [1.54, 1.807) is 22.2 Å².